The summed E-state index contributed by atoms with van der Waals surface area (Å²) in [5.74, 6) is 3.90. The fourth-order valence-electron chi connectivity index (χ4n) is 3.03. The largest absolute Gasteiger partial charge is 0.460 e. The van der Waals surface area contributed by atoms with Gasteiger partial charge < -0.3 is 19.0 Å². The maximum atomic E-state index is 12.3. The number of hydrogen-bond acceptors (Lipinski definition) is 6. The molecular formula is C14H25NO5. The van der Waals surface area contributed by atoms with Gasteiger partial charge in [-0.3, -0.25) is 4.79 Å². The van der Waals surface area contributed by atoms with E-state index in [4.69, 9.17) is 24.9 Å². The summed E-state index contributed by atoms with van der Waals surface area (Å²) in [4.78, 5) is 17.1. The van der Waals surface area contributed by atoms with Gasteiger partial charge in [0, 0.05) is 5.92 Å². The van der Waals surface area contributed by atoms with E-state index in [0.29, 0.717) is 6.42 Å². The summed E-state index contributed by atoms with van der Waals surface area (Å²) in [6.45, 7) is 9.55. The van der Waals surface area contributed by atoms with Crippen molar-refractivity contribution in [2.24, 2.45) is 17.7 Å². The van der Waals surface area contributed by atoms with E-state index in [2.05, 4.69) is 0 Å². The molecule has 0 spiro atoms. The van der Waals surface area contributed by atoms with Crippen LogP contribution in [-0.2, 0) is 23.8 Å². The molecule has 0 bridgehead atoms. The van der Waals surface area contributed by atoms with Crippen molar-refractivity contribution in [2.45, 2.75) is 64.6 Å². The first-order chi connectivity index (χ1) is 9.13. The molecule has 2 fully saturated rings. The Kier molecular flexibility index (Phi) is 4.12. The lowest BCUT2D eigenvalue weighted by molar-refractivity contribution is -0.179. The fourth-order valence-corrected chi connectivity index (χ4v) is 3.03. The lowest BCUT2D eigenvalue weighted by atomic mass is 9.95. The predicted molar refractivity (Wildman–Crippen MR) is 71.4 cm³/mol. The minimum Gasteiger partial charge on any atom is -0.460 e. The monoisotopic (exact) mass is 287 g/mol. The van der Waals surface area contributed by atoms with Crippen LogP contribution in [0.15, 0.2) is 0 Å². The maximum Gasteiger partial charge on any atom is 0.310 e. The molecule has 6 heteroatoms. The van der Waals surface area contributed by atoms with Gasteiger partial charge in [-0.2, -0.15) is 0 Å². The highest BCUT2D eigenvalue weighted by molar-refractivity contribution is 5.74. The number of ether oxygens (including phenoxy) is 3. The summed E-state index contributed by atoms with van der Waals surface area (Å²) >= 11 is 0. The van der Waals surface area contributed by atoms with Crippen LogP contribution in [-0.4, -0.2) is 36.2 Å². The molecule has 1 unspecified atom stereocenters. The molecular weight excluding hydrogens is 262 g/mol. The first-order valence-corrected chi connectivity index (χ1v) is 7.03. The normalized spacial score (nSPS) is 35.9. The molecule has 2 aliphatic rings. The average Bonchev–Trinajstić information content (AvgIpc) is 2.70. The topological polar surface area (TPSA) is 80.0 Å². The lowest BCUT2D eigenvalue weighted by Gasteiger charge is -2.27. The van der Waals surface area contributed by atoms with E-state index >= 15 is 0 Å². The molecule has 1 saturated heterocycles. The molecule has 0 aromatic carbocycles. The first-order valence-electron chi connectivity index (χ1n) is 7.03. The van der Waals surface area contributed by atoms with Gasteiger partial charge in [0.25, 0.3) is 0 Å². The molecule has 20 heavy (non-hydrogen) atoms. The highest BCUT2D eigenvalue weighted by Gasteiger charge is 2.56. The molecule has 6 nitrogen and oxygen atoms in total. The molecule has 2 rings (SSSR count). The Labute approximate surface area is 119 Å². The number of carbonyl (C=O) groups is 1. The van der Waals surface area contributed by atoms with Crippen LogP contribution in [0.2, 0.25) is 0 Å². The zero-order valence-corrected chi connectivity index (χ0v) is 12.8. The van der Waals surface area contributed by atoms with Crippen LogP contribution in [0.25, 0.3) is 0 Å². The number of hydrogen-bond donors (Lipinski definition) is 1. The van der Waals surface area contributed by atoms with Gasteiger partial charge in [0.15, 0.2) is 5.79 Å². The van der Waals surface area contributed by atoms with Gasteiger partial charge in [0.2, 0.25) is 0 Å². The number of carbonyl (C=O) groups excluding carboxylic acids is 1. The van der Waals surface area contributed by atoms with E-state index in [-0.39, 0.29) is 36.6 Å². The van der Waals surface area contributed by atoms with Crippen LogP contribution in [0.5, 0.6) is 0 Å². The highest BCUT2D eigenvalue weighted by Crippen LogP contribution is 2.45. The fraction of sp³-hybridized carbons (Fsp3) is 0.929. The molecule has 0 aromatic heterocycles. The molecule has 0 amide bonds. The van der Waals surface area contributed by atoms with Crippen molar-refractivity contribution in [1.29, 1.82) is 0 Å². The van der Waals surface area contributed by atoms with Gasteiger partial charge in [0.05, 0.1) is 24.7 Å². The van der Waals surface area contributed by atoms with Crippen LogP contribution in [0.1, 0.15) is 41.0 Å². The Morgan fingerprint density at radius 2 is 2.00 bits per heavy atom. The van der Waals surface area contributed by atoms with E-state index in [1.807, 2.05) is 34.6 Å². The third kappa shape index (κ3) is 3.31. The van der Waals surface area contributed by atoms with E-state index in [9.17, 15) is 4.79 Å². The summed E-state index contributed by atoms with van der Waals surface area (Å²) in [6, 6.07) is 0. The van der Waals surface area contributed by atoms with Crippen molar-refractivity contribution in [3.05, 3.63) is 0 Å². The molecule has 1 saturated carbocycles. The Morgan fingerprint density at radius 1 is 1.35 bits per heavy atom. The average molecular weight is 287 g/mol. The van der Waals surface area contributed by atoms with Gasteiger partial charge in [-0.1, -0.05) is 0 Å². The second-order valence-electron chi connectivity index (χ2n) is 7.01. The molecule has 116 valence electrons. The zero-order valence-electron chi connectivity index (χ0n) is 12.8. The summed E-state index contributed by atoms with van der Waals surface area (Å²) in [5.41, 5.74) is -0.510. The van der Waals surface area contributed by atoms with E-state index < -0.39 is 11.4 Å². The molecule has 1 aliphatic heterocycles. The van der Waals surface area contributed by atoms with Crippen molar-refractivity contribution in [2.75, 3.05) is 6.61 Å². The lowest BCUT2D eigenvalue weighted by Crippen LogP contribution is -2.37. The van der Waals surface area contributed by atoms with Gasteiger partial charge in [0.1, 0.15) is 5.60 Å². The third-order valence-electron chi connectivity index (χ3n) is 3.64. The van der Waals surface area contributed by atoms with Gasteiger partial charge in [-0.05, 0) is 41.0 Å². The summed E-state index contributed by atoms with van der Waals surface area (Å²) in [6.07, 6.45) is 0.297. The SMILES string of the molecule is CC(C)(C)OC(=O)C1C[C@@H]2OC(C)(C)O[C@@H]2[C@H]1CON. The van der Waals surface area contributed by atoms with Gasteiger partial charge >= 0.3 is 5.97 Å². The predicted octanol–water partition coefficient (Wildman–Crippen LogP) is 1.37. The van der Waals surface area contributed by atoms with Gasteiger partial charge in [-0.15, -0.1) is 0 Å². The van der Waals surface area contributed by atoms with Crippen molar-refractivity contribution >= 4 is 5.97 Å². The van der Waals surface area contributed by atoms with Crippen LogP contribution in [0.3, 0.4) is 0 Å². The third-order valence-corrected chi connectivity index (χ3v) is 3.64. The molecule has 0 radical (unpaired) electrons. The standard InChI is InChI=1S/C14H25NO5/c1-13(2,3)20-12(16)8-6-10-11(9(8)7-17-15)19-14(4,5)18-10/h8-11H,6-7,15H2,1-5H3/t8?,9-,10-,11+/m0/s1. The van der Waals surface area contributed by atoms with Crippen LogP contribution in [0.4, 0.5) is 0 Å². The molecule has 1 aliphatic carbocycles. The summed E-state index contributed by atoms with van der Waals surface area (Å²) in [5, 5.41) is 0. The Balaban J connectivity index is 2.10. The van der Waals surface area contributed by atoms with E-state index in [0.717, 1.165) is 0 Å². The van der Waals surface area contributed by atoms with Crippen molar-refractivity contribution in [3.8, 4) is 0 Å². The quantitative estimate of drug-likeness (QED) is 0.624. The van der Waals surface area contributed by atoms with E-state index in [1.54, 1.807) is 0 Å². The number of nitrogens with two attached hydrogens (primary N) is 1. The minimum absolute atomic E-state index is 0.109. The second kappa shape index (κ2) is 5.26. The summed E-state index contributed by atoms with van der Waals surface area (Å²) in [7, 11) is 0. The molecule has 2 N–H and O–H groups in total. The Hall–Kier alpha value is -0.690. The maximum absolute atomic E-state index is 12.3. The molecule has 0 aromatic rings. The molecule has 4 atom stereocenters. The van der Waals surface area contributed by atoms with Crippen LogP contribution < -0.4 is 5.90 Å². The minimum atomic E-state index is -0.624. The number of fused-ring (bicyclic) bond motifs is 1. The second-order valence-corrected chi connectivity index (χ2v) is 7.01. The first kappa shape index (κ1) is 15.7. The Bertz CT molecular complexity index is 376. The van der Waals surface area contributed by atoms with Crippen molar-refractivity contribution < 1.29 is 23.8 Å². The number of rotatable bonds is 3. The van der Waals surface area contributed by atoms with E-state index in [1.165, 1.54) is 0 Å². The number of esters is 1. The zero-order chi connectivity index (χ0) is 15.1. The van der Waals surface area contributed by atoms with Crippen LogP contribution in [0, 0.1) is 11.8 Å². The summed E-state index contributed by atoms with van der Waals surface area (Å²) < 4.78 is 17.2. The smallest absolute Gasteiger partial charge is 0.310 e. The van der Waals surface area contributed by atoms with Crippen LogP contribution >= 0.6 is 0 Å². The Morgan fingerprint density at radius 3 is 2.55 bits per heavy atom. The van der Waals surface area contributed by atoms with Gasteiger partial charge in [-0.25, -0.2) is 5.90 Å². The highest BCUT2D eigenvalue weighted by atomic mass is 16.8. The van der Waals surface area contributed by atoms with Crippen molar-refractivity contribution in [3.63, 3.8) is 0 Å². The van der Waals surface area contributed by atoms with Crippen molar-refractivity contribution in [1.82, 2.24) is 0 Å². The molecule has 1 heterocycles.